The van der Waals surface area contributed by atoms with Gasteiger partial charge in [-0.05, 0) is 32.3 Å². The Morgan fingerprint density at radius 2 is 2.12 bits per heavy atom. The number of rotatable bonds is 6. The summed E-state index contributed by atoms with van der Waals surface area (Å²) in [5.41, 5.74) is 0. The van der Waals surface area contributed by atoms with Gasteiger partial charge in [0, 0.05) is 50.8 Å². The predicted octanol–water partition coefficient (Wildman–Crippen LogP) is 2.04. The smallest absolute Gasteiger partial charge is 0.222 e. The minimum Gasteiger partial charge on any atom is -0.354 e. The standard InChI is InChI=1S/C17H24N6O/c1-14-18-10-12-23(14)15-5-3-11-22(13-15)16(24)6-2-7-19-17-20-8-4-9-21-17/h4,8-10,12,15H,2-3,5-7,11,13H2,1H3,(H,19,20,21)/t15-/m1/s1. The molecule has 1 fully saturated rings. The molecule has 128 valence electrons. The van der Waals surface area contributed by atoms with Crippen molar-refractivity contribution < 1.29 is 4.79 Å². The van der Waals surface area contributed by atoms with Gasteiger partial charge in [0.05, 0.1) is 6.04 Å². The summed E-state index contributed by atoms with van der Waals surface area (Å²) in [4.78, 5) is 26.9. The number of carbonyl (C=O) groups is 1. The third-order valence-corrected chi connectivity index (χ3v) is 4.42. The monoisotopic (exact) mass is 328 g/mol. The Morgan fingerprint density at radius 1 is 1.29 bits per heavy atom. The molecule has 1 N–H and O–H groups in total. The number of imidazole rings is 1. The molecule has 0 aliphatic carbocycles. The zero-order valence-corrected chi connectivity index (χ0v) is 14.1. The van der Waals surface area contributed by atoms with Crippen molar-refractivity contribution in [1.82, 2.24) is 24.4 Å². The van der Waals surface area contributed by atoms with E-state index < -0.39 is 0 Å². The van der Waals surface area contributed by atoms with Gasteiger partial charge in [0.1, 0.15) is 5.82 Å². The van der Waals surface area contributed by atoms with E-state index in [4.69, 9.17) is 0 Å². The number of hydrogen-bond acceptors (Lipinski definition) is 5. The van der Waals surface area contributed by atoms with E-state index in [0.717, 1.165) is 38.2 Å². The summed E-state index contributed by atoms with van der Waals surface area (Å²) in [6.45, 7) is 4.36. The largest absolute Gasteiger partial charge is 0.354 e. The first-order chi connectivity index (χ1) is 11.7. The molecule has 0 unspecified atom stereocenters. The maximum Gasteiger partial charge on any atom is 0.222 e. The van der Waals surface area contributed by atoms with Crippen LogP contribution >= 0.6 is 0 Å². The van der Waals surface area contributed by atoms with E-state index in [2.05, 4.69) is 24.8 Å². The van der Waals surface area contributed by atoms with Crippen molar-refractivity contribution in [2.24, 2.45) is 0 Å². The van der Waals surface area contributed by atoms with Gasteiger partial charge in [0.25, 0.3) is 0 Å². The predicted molar refractivity (Wildman–Crippen MR) is 91.6 cm³/mol. The summed E-state index contributed by atoms with van der Waals surface area (Å²) in [6.07, 6.45) is 10.7. The quantitative estimate of drug-likeness (QED) is 0.821. The lowest BCUT2D eigenvalue weighted by Gasteiger charge is -2.34. The number of aromatic nitrogens is 4. The highest BCUT2D eigenvalue weighted by atomic mass is 16.2. The van der Waals surface area contributed by atoms with Crippen LogP contribution in [0.3, 0.4) is 0 Å². The molecule has 1 aliphatic heterocycles. The van der Waals surface area contributed by atoms with Crippen molar-refractivity contribution >= 4 is 11.9 Å². The van der Waals surface area contributed by atoms with Crippen LogP contribution in [0.4, 0.5) is 5.95 Å². The molecule has 2 aromatic rings. The molecular weight excluding hydrogens is 304 g/mol. The maximum absolute atomic E-state index is 12.5. The van der Waals surface area contributed by atoms with Crippen LogP contribution < -0.4 is 5.32 Å². The maximum atomic E-state index is 12.5. The molecule has 1 atom stereocenters. The number of aryl methyl sites for hydroxylation is 1. The van der Waals surface area contributed by atoms with E-state index in [1.54, 1.807) is 18.5 Å². The molecule has 1 amide bonds. The first kappa shape index (κ1) is 16.4. The van der Waals surface area contributed by atoms with Crippen molar-refractivity contribution in [1.29, 1.82) is 0 Å². The molecule has 0 aromatic carbocycles. The molecule has 3 heterocycles. The Hall–Kier alpha value is -2.44. The zero-order chi connectivity index (χ0) is 16.8. The van der Waals surface area contributed by atoms with Crippen molar-refractivity contribution in [3.8, 4) is 0 Å². The molecule has 1 aliphatic rings. The summed E-state index contributed by atoms with van der Waals surface area (Å²) >= 11 is 0. The van der Waals surface area contributed by atoms with Gasteiger partial charge in [0.2, 0.25) is 11.9 Å². The molecule has 24 heavy (non-hydrogen) atoms. The van der Waals surface area contributed by atoms with E-state index >= 15 is 0 Å². The number of likely N-dealkylation sites (tertiary alicyclic amines) is 1. The molecule has 1 saturated heterocycles. The minimum atomic E-state index is 0.230. The van der Waals surface area contributed by atoms with Gasteiger partial charge in [-0.15, -0.1) is 0 Å². The molecule has 7 nitrogen and oxygen atoms in total. The second-order valence-electron chi connectivity index (χ2n) is 6.12. The molecular formula is C17H24N6O. The zero-order valence-electron chi connectivity index (χ0n) is 14.1. The molecule has 0 saturated carbocycles. The highest BCUT2D eigenvalue weighted by molar-refractivity contribution is 5.76. The highest BCUT2D eigenvalue weighted by Gasteiger charge is 2.24. The fourth-order valence-electron chi connectivity index (χ4n) is 3.17. The summed E-state index contributed by atoms with van der Waals surface area (Å²) in [5, 5.41) is 3.14. The summed E-state index contributed by atoms with van der Waals surface area (Å²) in [7, 11) is 0. The second kappa shape index (κ2) is 7.90. The number of nitrogens with zero attached hydrogens (tertiary/aromatic N) is 5. The number of hydrogen-bond donors (Lipinski definition) is 1. The van der Waals surface area contributed by atoms with Crippen LogP contribution in [-0.4, -0.2) is 50.0 Å². The Bertz CT molecular complexity index is 656. The normalized spacial score (nSPS) is 17.7. The van der Waals surface area contributed by atoms with E-state index in [1.165, 1.54) is 0 Å². The van der Waals surface area contributed by atoms with Crippen molar-refractivity contribution in [2.75, 3.05) is 25.0 Å². The van der Waals surface area contributed by atoms with Crippen LogP contribution in [0.2, 0.25) is 0 Å². The van der Waals surface area contributed by atoms with Gasteiger partial charge in [-0.25, -0.2) is 15.0 Å². The SMILES string of the molecule is Cc1nccn1[C@@H]1CCCN(C(=O)CCCNc2ncccn2)C1. The first-order valence-electron chi connectivity index (χ1n) is 8.52. The third kappa shape index (κ3) is 4.10. The molecule has 0 radical (unpaired) electrons. The van der Waals surface area contributed by atoms with Crippen LogP contribution in [0.25, 0.3) is 0 Å². The molecule has 3 rings (SSSR count). The Kier molecular flexibility index (Phi) is 5.40. The summed E-state index contributed by atoms with van der Waals surface area (Å²) < 4.78 is 2.19. The van der Waals surface area contributed by atoms with Crippen LogP contribution in [-0.2, 0) is 4.79 Å². The van der Waals surface area contributed by atoms with Gasteiger partial charge in [-0.3, -0.25) is 4.79 Å². The Morgan fingerprint density at radius 3 is 2.88 bits per heavy atom. The Labute approximate surface area is 142 Å². The lowest BCUT2D eigenvalue weighted by molar-refractivity contribution is -0.132. The number of anilines is 1. The van der Waals surface area contributed by atoms with Gasteiger partial charge in [-0.2, -0.15) is 0 Å². The van der Waals surface area contributed by atoms with E-state index in [0.29, 0.717) is 25.0 Å². The molecule has 0 bridgehead atoms. The lowest BCUT2D eigenvalue weighted by atomic mass is 10.0. The van der Waals surface area contributed by atoms with Crippen LogP contribution in [0, 0.1) is 6.92 Å². The van der Waals surface area contributed by atoms with Crippen LogP contribution in [0.15, 0.2) is 30.9 Å². The molecule has 7 heteroatoms. The second-order valence-corrected chi connectivity index (χ2v) is 6.12. The molecule has 0 spiro atoms. The minimum absolute atomic E-state index is 0.230. The van der Waals surface area contributed by atoms with Gasteiger partial charge in [-0.1, -0.05) is 0 Å². The fourth-order valence-corrected chi connectivity index (χ4v) is 3.17. The lowest BCUT2D eigenvalue weighted by Crippen LogP contribution is -2.40. The van der Waals surface area contributed by atoms with E-state index in [-0.39, 0.29) is 5.91 Å². The number of piperidine rings is 1. The van der Waals surface area contributed by atoms with Gasteiger partial charge in [0.15, 0.2) is 0 Å². The average molecular weight is 328 g/mol. The van der Waals surface area contributed by atoms with Gasteiger partial charge < -0.3 is 14.8 Å². The average Bonchev–Trinajstić information content (AvgIpc) is 3.05. The van der Waals surface area contributed by atoms with Crippen LogP contribution in [0.1, 0.15) is 37.5 Å². The number of carbonyl (C=O) groups excluding carboxylic acids is 1. The topological polar surface area (TPSA) is 75.9 Å². The first-order valence-corrected chi connectivity index (χ1v) is 8.52. The van der Waals surface area contributed by atoms with Gasteiger partial charge >= 0.3 is 0 Å². The number of nitrogens with one attached hydrogen (secondary N) is 1. The summed E-state index contributed by atoms with van der Waals surface area (Å²) in [5.74, 6) is 1.85. The van der Waals surface area contributed by atoms with Crippen molar-refractivity contribution in [3.05, 3.63) is 36.7 Å². The third-order valence-electron chi connectivity index (χ3n) is 4.42. The van der Waals surface area contributed by atoms with E-state index in [9.17, 15) is 4.79 Å². The van der Waals surface area contributed by atoms with Crippen molar-refractivity contribution in [2.45, 2.75) is 38.6 Å². The Balaban J connectivity index is 1.44. The fraction of sp³-hybridized carbons (Fsp3) is 0.529. The summed E-state index contributed by atoms with van der Waals surface area (Å²) in [6, 6.07) is 2.13. The number of amides is 1. The van der Waals surface area contributed by atoms with Crippen LogP contribution in [0.5, 0.6) is 0 Å². The van der Waals surface area contributed by atoms with Crippen molar-refractivity contribution in [3.63, 3.8) is 0 Å². The highest BCUT2D eigenvalue weighted by Crippen LogP contribution is 2.23. The molecule has 2 aromatic heterocycles. The van der Waals surface area contributed by atoms with E-state index in [1.807, 2.05) is 24.2 Å².